The molecule has 3 aromatic rings. The molecule has 134 valence electrons. The summed E-state index contributed by atoms with van der Waals surface area (Å²) in [6.07, 6.45) is 0.664. The first kappa shape index (κ1) is 17.3. The number of benzene rings is 2. The van der Waals surface area contributed by atoms with Gasteiger partial charge in [0.2, 0.25) is 5.91 Å². The molecule has 7 heteroatoms. The van der Waals surface area contributed by atoms with Gasteiger partial charge in [-0.3, -0.25) is 9.69 Å². The molecule has 4 nitrogen and oxygen atoms in total. The van der Waals surface area contributed by atoms with Crippen LogP contribution in [0.25, 0.3) is 10.9 Å². The van der Waals surface area contributed by atoms with E-state index in [0.29, 0.717) is 35.6 Å². The van der Waals surface area contributed by atoms with Crippen molar-refractivity contribution in [3.63, 3.8) is 0 Å². The molecule has 0 saturated heterocycles. The van der Waals surface area contributed by atoms with E-state index < -0.39 is 0 Å². The zero-order chi connectivity index (χ0) is 18.3. The Morgan fingerprint density at radius 2 is 2.12 bits per heavy atom. The summed E-state index contributed by atoms with van der Waals surface area (Å²) in [5.41, 5.74) is 3.29. The van der Waals surface area contributed by atoms with E-state index in [-0.39, 0.29) is 23.3 Å². The van der Waals surface area contributed by atoms with Crippen LogP contribution in [0.4, 0.5) is 10.1 Å². The van der Waals surface area contributed by atoms with Crippen molar-refractivity contribution in [1.29, 1.82) is 0 Å². The predicted molar refractivity (Wildman–Crippen MR) is 102 cm³/mol. The number of aromatic nitrogens is 1. The van der Waals surface area contributed by atoms with Gasteiger partial charge < -0.3 is 10.3 Å². The van der Waals surface area contributed by atoms with E-state index in [1.165, 1.54) is 0 Å². The van der Waals surface area contributed by atoms with Crippen molar-refractivity contribution in [2.24, 2.45) is 0 Å². The van der Waals surface area contributed by atoms with Crippen LogP contribution in [-0.2, 0) is 17.8 Å². The van der Waals surface area contributed by atoms with Crippen LogP contribution in [0.15, 0.2) is 36.4 Å². The van der Waals surface area contributed by atoms with E-state index in [1.54, 1.807) is 36.4 Å². The zero-order valence-electron chi connectivity index (χ0n) is 13.8. The highest BCUT2D eigenvalue weighted by molar-refractivity contribution is 6.31. The summed E-state index contributed by atoms with van der Waals surface area (Å²) in [4.78, 5) is 17.6. The van der Waals surface area contributed by atoms with Gasteiger partial charge in [-0.25, -0.2) is 4.39 Å². The van der Waals surface area contributed by atoms with Gasteiger partial charge in [0.25, 0.3) is 0 Å². The van der Waals surface area contributed by atoms with E-state index in [2.05, 4.69) is 10.3 Å². The molecule has 26 heavy (non-hydrogen) atoms. The molecule has 0 aliphatic carbocycles. The van der Waals surface area contributed by atoms with Gasteiger partial charge in [-0.15, -0.1) is 0 Å². The minimum atomic E-state index is -0.381. The molecule has 4 rings (SSSR count). The molecule has 2 heterocycles. The van der Waals surface area contributed by atoms with E-state index in [9.17, 15) is 9.18 Å². The van der Waals surface area contributed by atoms with Gasteiger partial charge in [0.1, 0.15) is 0 Å². The summed E-state index contributed by atoms with van der Waals surface area (Å²) < 4.78 is 14.4. The molecule has 0 atom stereocenters. The fraction of sp³-hybridized carbons (Fsp3) is 0.211. The van der Waals surface area contributed by atoms with Gasteiger partial charge in [-0.1, -0.05) is 29.3 Å². The van der Waals surface area contributed by atoms with E-state index in [1.807, 2.05) is 4.90 Å². The number of hydrogen-bond donors (Lipinski definition) is 2. The Bertz CT molecular complexity index is 1000. The predicted octanol–water partition coefficient (Wildman–Crippen LogP) is 4.61. The van der Waals surface area contributed by atoms with Crippen molar-refractivity contribution in [3.8, 4) is 0 Å². The molecule has 0 unspecified atom stereocenters. The fourth-order valence-electron chi connectivity index (χ4n) is 3.43. The van der Waals surface area contributed by atoms with Crippen molar-refractivity contribution in [3.05, 3.63) is 63.5 Å². The smallest absolute Gasteiger partial charge is 0.238 e. The Morgan fingerprint density at radius 3 is 2.92 bits per heavy atom. The first-order valence-electron chi connectivity index (χ1n) is 8.26. The summed E-state index contributed by atoms with van der Waals surface area (Å²) in [6, 6.07) is 10.4. The molecule has 1 aliphatic rings. The topological polar surface area (TPSA) is 48.1 Å². The van der Waals surface area contributed by atoms with Gasteiger partial charge >= 0.3 is 0 Å². The SMILES string of the molecule is O=C(CN1CCc2c([nH]c3ccc(Cl)c(F)c23)C1)Nc1cccc(Cl)c1. The van der Waals surface area contributed by atoms with Gasteiger partial charge in [-0.2, -0.15) is 0 Å². The minimum Gasteiger partial charge on any atom is -0.357 e. The highest BCUT2D eigenvalue weighted by Gasteiger charge is 2.24. The summed E-state index contributed by atoms with van der Waals surface area (Å²) >= 11 is 11.8. The molecule has 2 N–H and O–H groups in total. The highest BCUT2D eigenvalue weighted by atomic mass is 35.5. The average molecular weight is 392 g/mol. The quantitative estimate of drug-likeness (QED) is 0.684. The van der Waals surface area contributed by atoms with Crippen LogP contribution in [0.3, 0.4) is 0 Å². The van der Waals surface area contributed by atoms with E-state index in [0.717, 1.165) is 16.8 Å². The van der Waals surface area contributed by atoms with Crippen LogP contribution in [0.1, 0.15) is 11.3 Å². The van der Waals surface area contributed by atoms with Crippen molar-refractivity contribution in [2.45, 2.75) is 13.0 Å². The van der Waals surface area contributed by atoms with Crippen molar-refractivity contribution in [1.82, 2.24) is 9.88 Å². The third-order valence-corrected chi connectivity index (χ3v) is 5.11. The largest absolute Gasteiger partial charge is 0.357 e. The number of rotatable bonds is 3. The normalized spacial score (nSPS) is 14.4. The molecular weight excluding hydrogens is 376 g/mol. The number of fused-ring (bicyclic) bond motifs is 3. The average Bonchev–Trinajstić information content (AvgIpc) is 2.96. The van der Waals surface area contributed by atoms with Crippen molar-refractivity contribution >= 4 is 45.7 Å². The number of carbonyl (C=O) groups is 1. The molecule has 0 fully saturated rings. The molecule has 0 spiro atoms. The number of nitrogens with zero attached hydrogens (tertiary/aromatic N) is 1. The van der Waals surface area contributed by atoms with E-state index >= 15 is 0 Å². The van der Waals surface area contributed by atoms with Gasteiger partial charge in [-0.05, 0) is 42.3 Å². The third kappa shape index (κ3) is 3.30. The monoisotopic (exact) mass is 391 g/mol. The molecule has 2 aromatic carbocycles. The maximum atomic E-state index is 14.4. The van der Waals surface area contributed by atoms with Crippen molar-refractivity contribution < 1.29 is 9.18 Å². The Hall–Kier alpha value is -2.08. The first-order valence-corrected chi connectivity index (χ1v) is 9.02. The maximum Gasteiger partial charge on any atom is 0.238 e. The number of carbonyl (C=O) groups excluding carboxylic acids is 1. The number of nitrogens with one attached hydrogen (secondary N) is 2. The van der Waals surface area contributed by atoms with Gasteiger partial charge in [0.05, 0.1) is 11.6 Å². The molecule has 1 amide bonds. The summed E-state index contributed by atoms with van der Waals surface area (Å²) in [5.74, 6) is -0.491. The van der Waals surface area contributed by atoms with Crippen LogP contribution < -0.4 is 5.32 Å². The summed E-state index contributed by atoms with van der Waals surface area (Å²) in [7, 11) is 0. The van der Waals surface area contributed by atoms with Crippen LogP contribution in [0, 0.1) is 5.82 Å². The third-order valence-electron chi connectivity index (χ3n) is 4.58. The standard InChI is InChI=1S/C19H16Cl2FN3O/c20-11-2-1-3-12(8-11)23-17(26)10-25-7-6-13-16(9-25)24-15-5-4-14(21)19(22)18(13)15/h1-5,8,24H,6-7,9-10H2,(H,23,26). The Kier molecular flexibility index (Phi) is 4.61. The molecule has 0 saturated carbocycles. The number of hydrogen-bond acceptors (Lipinski definition) is 2. The van der Waals surface area contributed by atoms with Crippen LogP contribution in [0.5, 0.6) is 0 Å². The molecule has 0 bridgehead atoms. The number of H-pyrrole nitrogens is 1. The Morgan fingerprint density at radius 1 is 1.27 bits per heavy atom. The van der Waals surface area contributed by atoms with Gasteiger partial charge in [0.15, 0.2) is 5.82 Å². The Labute approximate surface area is 159 Å². The second-order valence-electron chi connectivity index (χ2n) is 6.39. The van der Waals surface area contributed by atoms with E-state index in [4.69, 9.17) is 23.2 Å². The maximum absolute atomic E-state index is 14.4. The number of anilines is 1. The minimum absolute atomic E-state index is 0.110. The lowest BCUT2D eigenvalue weighted by molar-refractivity contribution is -0.117. The van der Waals surface area contributed by atoms with Crippen molar-refractivity contribution in [2.75, 3.05) is 18.4 Å². The highest BCUT2D eigenvalue weighted by Crippen LogP contribution is 2.32. The number of halogens is 3. The van der Waals surface area contributed by atoms with Crippen LogP contribution in [-0.4, -0.2) is 28.9 Å². The molecule has 1 aliphatic heterocycles. The number of amides is 1. The molecule has 0 radical (unpaired) electrons. The molecule has 1 aromatic heterocycles. The fourth-order valence-corrected chi connectivity index (χ4v) is 3.77. The summed E-state index contributed by atoms with van der Waals surface area (Å²) in [6.45, 7) is 1.49. The lowest BCUT2D eigenvalue weighted by Crippen LogP contribution is -2.37. The first-order chi connectivity index (χ1) is 12.5. The van der Waals surface area contributed by atoms with Gasteiger partial charge in [0, 0.05) is 40.4 Å². The zero-order valence-corrected chi connectivity index (χ0v) is 15.3. The summed E-state index contributed by atoms with van der Waals surface area (Å²) in [5, 5.41) is 4.11. The Balaban J connectivity index is 1.48. The number of aromatic amines is 1. The lowest BCUT2D eigenvalue weighted by Gasteiger charge is -2.26. The second-order valence-corrected chi connectivity index (χ2v) is 7.23. The molecular formula is C19H16Cl2FN3O. The van der Waals surface area contributed by atoms with Crippen LogP contribution >= 0.6 is 23.2 Å². The van der Waals surface area contributed by atoms with Crippen LogP contribution in [0.2, 0.25) is 10.0 Å². The lowest BCUT2D eigenvalue weighted by atomic mass is 10.0. The second kappa shape index (κ2) is 6.91.